The van der Waals surface area contributed by atoms with Crippen LogP contribution in [0.4, 0.5) is 0 Å². The Morgan fingerprint density at radius 3 is 2.89 bits per heavy atom. The number of aliphatic hydroxyl groups excluding tert-OH is 1. The van der Waals surface area contributed by atoms with Crippen molar-refractivity contribution in [2.24, 2.45) is 0 Å². The second kappa shape index (κ2) is 7.82. The normalized spacial score (nSPS) is 19.9. The number of rotatable bonds is 4. The number of nitrogens with one attached hydrogen (secondary N) is 1. The lowest BCUT2D eigenvalue weighted by Gasteiger charge is -2.28. The summed E-state index contributed by atoms with van der Waals surface area (Å²) in [6, 6.07) is 13.7. The lowest BCUT2D eigenvalue weighted by molar-refractivity contribution is 0.0712. The fourth-order valence-corrected chi connectivity index (χ4v) is 4.25. The number of benzene rings is 1. The molecule has 1 aliphatic carbocycles. The SMILES string of the molecule is O=C(N[C@H]1CCCC[C@@H]1O)c1cc(Cc2cccc(Br)c2)c2cccnn12. The monoisotopic (exact) mass is 427 g/mol. The summed E-state index contributed by atoms with van der Waals surface area (Å²) in [6.07, 6.45) is 5.53. The molecule has 140 valence electrons. The van der Waals surface area contributed by atoms with Gasteiger partial charge < -0.3 is 10.4 Å². The molecule has 0 saturated heterocycles. The minimum absolute atomic E-state index is 0.185. The Balaban J connectivity index is 1.64. The number of carbonyl (C=O) groups is 1. The zero-order valence-electron chi connectivity index (χ0n) is 14.9. The molecule has 0 bridgehead atoms. The highest BCUT2D eigenvalue weighted by Crippen LogP contribution is 2.23. The van der Waals surface area contributed by atoms with E-state index >= 15 is 0 Å². The third kappa shape index (κ3) is 3.92. The molecule has 1 amide bonds. The van der Waals surface area contributed by atoms with Crippen molar-refractivity contribution in [1.82, 2.24) is 14.9 Å². The molecule has 2 atom stereocenters. The van der Waals surface area contributed by atoms with Gasteiger partial charge in [-0.15, -0.1) is 0 Å². The van der Waals surface area contributed by atoms with E-state index in [2.05, 4.69) is 38.5 Å². The number of carbonyl (C=O) groups excluding carboxylic acids is 1. The van der Waals surface area contributed by atoms with Crippen LogP contribution in [0.15, 0.2) is 53.1 Å². The van der Waals surface area contributed by atoms with Crippen molar-refractivity contribution in [3.8, 4) is 0 Å². The first kappa shape index (κ1) is 18.2. The molecule has 3 aromatic rings. The molecular formula is C21H22BrN3O2. The largest absolute Gasteiger partial charge is 0.391 e. The van der Waals surface area contributed by atoms with Crippen molar-refractivity contribution in [2.45, 2.75) is 44.2 Å². The van der Waals surface area contributed by atoms with Crippen molar-refractivity contribution < 1.29 is 9.90 Å². The molecule has 5 nitrogen and oxygen atoms in total. The predicted octanol–water partition coefficient (Wildman–Crippen LogP) is 3.72. The first-order chi connectivity index (χ1) is 13.1. The number of nitrogens with zero attached hydrogens (tertiary/aromatic N) is 2. The van der Waals surface area contributed by atoms with E-state index in [0.29, 0.717) is 12.1 Å². The summed E-state index contributed by atoms with van der Waals surface area (Å²) in [7, 11) is 0. The number of amides is 1. The van der Waals surface area contributed by atoms with E-state index < -0.39 is 6.10 Å². The maximum atomic E-state index is 12.9. The summed E-state index contributed by atoms with van der Waals surface area (Å²) < 4.78 is 2.73. The lowest BCUT2D eigenvalue weighted by Crippen LogP contribution is -2.45. The van der Waals surface area contributed by atoms with Gasteiger partial charge in [-0.2, -0.15) is 5.10 Å². The molecule has 2 heterocycles. The molecule has 27 heavy (non-hydrogen) atoms. The van der Waals surface area contributed by atoms with Gasteiger partial charge in [-0.05, 0) is 60.7 Å². The van der Waals surface area contributed by atoms with Crippen molar-refractivity contribution in [1.29, 1.82) is 0 Å². The van der Waals surface area contributed by atoms with Crippen molar-refractivity contribution in [3.05, 3.63) is 70.0 Å². The van der Waals surface area contributed by atoms with Gasteiger partial charge in [0.15, 0.2) is 0 Å². The number of aromatic nitrogens is 2. The average molecular weight is 428 g/mol. The molecule has 1 aromatic carbocycles. The van der Waals surface area contributed by atoms with Gasteiger partial charge in [0.25, 0.3) is 5.91 Å². The van der Waals surface area contributed by atoms with Crippen molar-refractivity contribution in [3.63, 3.8) is 0 Å². The zero-order valence-corrected chi connectivity index (χ0v) is 16.5. The highest BCUT2D eigenvalue weighted by molar-refractivity contribution is 9.10. The van der Waals surface area contributed by atoms with Crippen molar-refractivity contribution in [2.75, 3.05) is 0 Å². The summed E-state index contributed by atoms with van der Waals surface area (Å²) in [5.74, 6) is -0.185. The summed E-state index contributed by atoms with van der Waals surface area (Å²) in [5, 5.41) is 17.5. The van der Waals surface area contributed by atoms with Gasteiger partial charge in [0.1, 0.15) is 5.69 Å². The molecule has 0 aliphatic heterocycles. The van der Waals surface area contributed by atoms with Crippen LogP contribution in [0, 0.1) is 0 Å². The third-order valence-electron chi connectivity index (χ3n) is 5.18. The van der Waals surface area contributed by atoms with Crippen LogP contribution >= 0.6 is 15.9 Å². The quantitative estimate of drug-likeness (QED) is 0.666. The number of fused-ring (bicyclic) bond motifs is 1. The second-order valence-electron chi connectivity index (χ2n) is 7.11. The number of hydrogen-bond donors (Lipinski definition) is 2. The maximum absolute atomic E-state index is 12.9. The van der Waals surface area contributed by atoms with Crippen LogP contribution in [0.25, 0.3) is 5.52 Å². The molecule has 1 saturated carbocycles. The van der Waals surface area contributed by atoms with E-state index in [4.69, 9.17) is 0 Å². The highest BCUT2D eigenvalue weighted by Gasteiger charge is 2.26. The molecule has 1 aliphatic rings. The standard InChI is InChI=1S/C21H22BrN3O2/c22-16-6-3-5-14(12-16)11-15-13-19(25-18(15)8-4-10-23-25)21(27)24-17-7-1-2-9-20(17)26/h3-6,8,10,12-13,17,20,26H,1-2,7,9,11H2,(H,24,27)/t17-,20-/m0/s1. The minimum Gasteiger partial charge on any atom is -0.391 e. The lowest BCUT2D eigenvalue weighted by atomic mass is 9.92. The first-order valence-corrected chi connectivity index (χ1v) is 10.1. The van der Waals surface area contributed by atoms with E-state index in [-0.39, 0.29) is 11.9 Å². The predicted molar refractivity (Wildman–Crippen MR) is 108 cm³/mol. The Hall–Kier alpha value is -2.18. The van der Waals surface area contributed by atoms with Crippen LogP contribution in [0.1, 0.15) is 47.3 Å². The molecule has 1 fully saturated rings. The molecule has 4 rings (SSSR count). The number of aliphatic hydroxyl groups is 1. The second-order valence-corrected chi connectivity index (χ2v) is 8.03. The Kier molecular flexibility index (Phi) is 5.27. The Bertz CT molecular complexity index is 969. The maximum Gasteiger partial charge on any atom is 0.270 e. The Labute approximate surface area is 166 Å². The smallest absolute Gasteiger partial charge is 0.270 e. The van der Waals surface area contributed by atoms with E-state index in [0.717, 1.165) is 46.8 Å². The fourth-order valence-electron chi connectivity index (χ4n) is 3.80. The van der Waals surface area contributed by atoms with Gasteiger partial charge in [-0.1, -0.05) is 40.9 Å². The molecule has 2 aromatic heterocycles. The molecule has 0 radical (unpaired) electrons. The van der Waals surface area contributed by atoms with Crippen LogP contribution in [-0.2, 0) is 6.42 Å². The fraction of sp³-hybridized carbons (Fsp3) is 0.333. The van der Waals surface area contributed by atoms with Gasteiger partial charge in [-0.25, -0.2) is 4.52 Å². The van der Waals surface area contributed by atoms with Gasteiger partial charge >= 0.3 is 0 Å². The zero-order chi connectivity index (χ0) is 18.8. The van der Waals surface area contributed by atoms with Crippen molar-refractivity contribution >= 4 is 27.4 Å². The van der Waals surface area contributed by atoms with Crippen LogP contribution < -0.4 is 5.32 Å². The van der Waals surface area contributed by atoms with E-state index in [9.17, 15) is 9.90 Å². The number of hydrogen-bond acceptors (Lipinski definition) is 3. The van der Waals surface area contributed by atoms with Crippen LogP contribution in [0.3, 0.4) is 0 Å². The Morgan fingerprint density at radius 1 is 1.22 bits per heavy atom. The summed E-state index contributed by atoms with van der Waals surface area (Å²) in [5.41, 5.74) is 3.64. The summed E-state index contributed by atoms with van der Waals surface area (Å²) in [4.78, 5) is 12.9. The highest BCUT2D eigenvalue weighted by atomic mass is 79.9. The molecule has 2 N–H and O–H groups in total. The van der Waals surface area contributed by atoms with E-state index in [1.54, 1.807) is 10.7 Å². The van der Waals surface area contributed by atoms with Gasteiger partial charge in [0.2, 0.25) is 0 Å². The molecule has 0 spiro atoms. The molecule has 0 unspecified atom stereocenters. The van der Waals surface area contributed by atoms with Gasteiger partial charge in [0, 0.05) is 10.7 Å². The van der Waals surface area contributed by atoms with E-state index in [1.165, 1.54) is 0 Å². The van der Waals surface area contributed by atoms with Crippen LogP contribution in [0.5, 0.6) is 0 Å². The molecule has 6 heteroatoms. The third-order valence-corrected chi connectivity index (χ3v) is 5.67. The Morgan fingerprint density at radius 2 is 2.07 bits per heavy atom. The van der Waals surface area contributed by atoms with Gasteiger partial charge in [0.05, 0.1) is 17.7 Å². The molecular weight excluding hydrogens is 406 g/mol. The summed E-state index contributed by atoms with van der Waals surface area (Å²) >= 11 is 3.51. The minimum atomic E-state index is -0.469. The van der Waals surface area contributed by atoms with Crippen LogP contribution in [0.2, 0.25) is 0 Å². The first-order valence-electron chi connectivity index (χ1n) is 9.31. The van der Waals surface area contributed by atoms with Crippen LogP contribution in [-0.4, -0.2) is 32.8 Å². The van der Waals surface area contributed by atoms with E-state index in [1.807, 2.05) is 30.3 Å². The summed E-state index contributed by atoms with van der Waals surface area (Å²) in [6.45, 7) is 0. The average Bonchev–Trinajstić information content (AvgIpc) is 3.02. The number of halogens is 1. The van der Waals surface area contributed by atoms with Gasteiger partial charge in [-0.3, -0.25) is 4.79 Å². The topological polar surface area (TPSA) is 66.6 Å².